The predicted molar refractivity (Wildman–Crippen MR) is 103 cm³/mol. The lowest BCUT2D eigenvalue weighted by atomic mass is 9.85. The lowest BCUT2D eigenvalue weighted by Gasteiger charge is -2.23. The fourth-order valence-electron chi connectivity index (χ4n) is 1.91. The molecule has 0 aromatic rings. The first-order valence-corrected chi connectivity index (χ1v) is 9.12. The minimum atomic E-state index is 0.119. The normalized spacial score (nSPS) is 11.7. The summed E-state index contributed by atoms with van der Waals surface area (Å²) in [6.07, 6.45) is 2.35. The van der Waals surface area contributed by atoms with Crippen molar-refractivity contribution >= 4 is 0 Å². The molecule has 0 fully saturated rings. The second-order valence-corrected chi connectivity index (χ2v) is 9.21. The van der Waals surface area contributed by atoms with E-state index in [0.29, 0.717) is 17.9 Å². The molecular weight excluding hydrogens is 270 g/mol. The largest absolute Gasteiger partial charge is 0.396 e. The summed E-state index contributed by atoms with van der Waals surface area (Å²) in [4.78, 5) is 0. The van der Waals surface area contributed by atoms with Gasteiger partial charge in [0.25, 0.3) is 0 Å². The van der Waals surface area contributed by atoms with Gasteiger partial charge in [-0.25, -0.2) is 0 Å². The second kappa shape index (κ2) is 14.5. The average molecular weight is 318 g/mol. The minimum absolute atomic E-state index is 0.119. The highest BCUT2D eigenvalue weighted by Gasteiger charge is 2.17. The van der Waals surface area contributed by atoms with Gasteiger partial charge in [0.1, 0.15) is 0 Å². The summed E-state index contributed by atoms with van der Waals surface area (Å²) in [6.45, 7) is 26.6. The number of aliphatic hydroxyl groups is 1. The summed E-state index contributed by atoms with van der Waals surface area (Å²) < 4.78 is 0. The first-order valence-electron chi connectivity index (χ1n) is 9.12. The molecule has 2 heteroatoms. The number of hydrogen-bond acceptors (Lipinski definition) is 2. The third-order valence-corrected chi connectivity index (χ3v) is 2.60. The number of hydrogen-bond donors (Lipinski definition) is 2. The number of rotatable bonds is 6. The highest BCUT2D eigenvalue weighted by atomic mass is 16.3. The third kappa shape index (κ3) is 32.0. The molecule has 0 saturated carbocycles. The molecule has 2 N–H and O–H groups in total. The Hall–Kier alpha value is -0.0800. The van der Waals surface area contributed by atoms with Gasteiger partial charge in [0.15, 0.2) is 0 Å². The van der Waals surface area contributed by atoms with Crippen molar-refractivity contribution < 1.29 is 5.11 Å². The van der Waals surface area contributed by atoms with E-state index in [-0.39, 0.29) is 5.41 Å². The molecule has 0 aliphatic rings. The first-order chi connectivity index (χ1) is 9.81. The standard InChI is InChI=1S/C9H21N.C8H18O.C3H8/c1-8(2)6-10-7-9(3,4)5;1-7(2)5-8(3,4)6-9;1-3-2/h8,10H,6-7H2,1-5H3;7,9H,5-6H2,1-4H3;3H2,1-2H3. The van der Waals surface area contributed by atoms with Crippen molar-refractivity contribution in [3.05, 3.63) is 0 Å². The van der Waals surface area contributed by atoms with Crippen LogP contribution in [-0.4, -0.2) is 24.8 Å². The van der Waals surface area contributed by atoms with Crippen molar-refractivity contribution in [2.24, 2.45) is 22.7 Å². The van der Waals surface area contributed by atoms with Crippen LogP contribution in [0.4, 0.5) is 0 Å². The Morgan fingerprint density at radius 1 is 0.864 bits per heavy atom. The van der Waals surface area contributed by atoms with Gasteiger partial charge < -0.3 is 10.4 Å². The molecule has 0 radical (unpaired) electrons. The Labute approximate surface area is 142 Å². The molecule has 0 aromatic heterocycles. The van der Waals surface area contributed by atoms with Gasteiger partial charge in [-0.3, -0.25) is 0 Å². The van der Waals surface area contributed by atoms with Crippen molar-refractivity contribution in [2.45, 2.75) is 89.0 Å². The molecular formula is C20H47NO. The number of nitrogens with one attached hydrogen (secondary N) is 1. The Morgan fingerprint density at radius 2 is 1.27 bits per heavy atom. The minimum Gasteiger partial charge on any atom is -0.396 e. The molecule has 0 rings (SSSR count). The lowest BCUT2D eigenvalue weighted by Crippen LogP contribution is -2.29. The van der Waals surface area contributed by atoms with E-state index in [0.717, 1.165) is 25.4 Å². The van der Waals surface area contributed by atoms with Crippen LogP contribution in [0.15, 0.2) is 0 Å². The molecule has 0 unspecified atom stereocenters. The van der Waals surface area contributed by atoms with Crippen molar-refractivity contribution in [1.82, 2.24) is 5.32 Å². The van der Waals surface area contributed by atoms with Crippen LogP contribution in [0.1, 0.15) is 89.0 Å². The molecule has 0 spiro atoms. The fourth-order valence-corrected chi connectivity index (χ4v) is 1.91. The zero-order chi connectivity index (χ0) is 18.4. The summed E-state index contributed by atoms with van der Waals surface area (Å²) in [5, 5.41) is 12.3. The topological polar surface area (TPSA) is 32.3 Å². The summed E-state index contributed by atoms with van der Waals surface area (Å²) in [5.74, 6) is 1.45. The van der Waals surface area contributed by atoms with Crippen LogP contribution in [-0.2, 0) is 0 Å². The van der Waals surface area contributed by atoms with Gasteiger partial charge in [0, 0.05) is 6.61 Å². The van der Waals surface area contributed by atoms with Crippen molar-refractivity contribution in [3.8, 4) is 0 Å². The van der Waals surface area contributed by atoms with Gasteiger partial charge in [-0.15, -0.1) is 0 Å². The Bertz CT molecular complexity index is 214. The van der Waals surface area contributed by atoms with E-state index in [9.17, 15) is 0 Å². The molecule has 0 heterocycles. The SMILES string of the molecule is CC(C)CC(C)(C)CO.CC(C)CNCC(C)(C)C.CCC. The van der Waals surface area contributed by atoms with Gasteiger partial charge in [-0.2, -0.15) is 0 Å². The van der Waals surface area contributed by atoms with Crippen LogP contribution in [0.5, 0.6) is 0 Å². The van der Waals surface area contributed by atoms with E-state index < -0.39 is 0 Å². The number of aliphatic hydroxyl groups excluding tert-OH is 1. The van der Waals surface area contributed by atoms with Crippen LogP contribution in [0.3, 0.4) is 0 Å². The molecule has 0 atom stereocenters. The highest BCUT2D eigenvalue weighted by Crippen LogP contribution is 2.23. The Morgan fingerprint density at radius 3 is 1.45 bits per heavy atom. The van der Waals surface area contributed by atoms with Crippen LogP contribution in [0.25, 0.3) is 0 Å². The van der Waals surface area contributed by atoms with Gasteiger partial charge in [0.2, 0.25) is 0 Å². The lowest BCUT2D eigenvalue weighted by molar-refractivity contribution is 0.136. The fraction of sp³-hybridized carbons (Fsp3) is 1.00. The van der Waals surface area contributed by atoms with Gasteiger partial charge in [-0.05, 0) is 42.2 Å². The van der Waals surface area contributed by atoms with E-state index in [1.807, 2.05) is 0 Å². The highest BCUT2D eigenvalue weighted by molar-refractivity contribution is 4.68. The zero-order valence-corrected chi connectivity index (χ0v) is 17.6. The summed E-state index contributed by atoms with van der Waals surface area (Å²) in [6, 6.07) is 0. The smallest absolute Gasteiger partial charge is 0.0482 e. The Kier molecular flexibility index (Phi) is 17.7. The van der Waals surface area contributed by atoms with Crippen molar-refractivity contribution in [3.63, 3.8) is 0 Å². The molecule has 0 amide bonds. The van der Waals surface area contributed by atoms with E-state index >= 15 is 0 Å². The Balaban J connectivity index is -0.000000279. The van der Waals surface area contributed by atoms with Gasteiger partial charge in [-0.1, -0.05) is 82.6 Å². The van der Waals surface area contributed by atoms with Crippen molar-refractivity contribution in [2.75, 3.05) is 19.7 Å². The van der Waals surface area contributed by atoms with E-state index in [1.54, 1.807) is 0 Å². The third-order valence-electron chi connectivity index (χ3n) is 2.60. The summed E-state index contributed by atoms with van der Waals surface area (Å²) >= 11 is 0. The summed E-state index contributed by atoms with van der Waals surface area (Å²) in [7, 11) is 0. The van der Waals surface area contributed by atoms with Crippen LogP contribution >= 0.6 is 0 Å². The van der Waals surface area contributed by atoms with Gasteiger partial charge in [0.05, 0.1) is 0 Å². The molecule has 22 heavy (non-hydrogen) atoms. The van der Waals surface area contributed by atoms with E-state index in [2.05, 4.69) is 81.5 Å². The first kappa shape index (κ1) is 26.8. The summed E-state index contributed by atoms with van der Waals surface area (Å²) in [5.41, 5.74) is 0.545. The average Bonchev–Trinajstić information content (AvgIpc) is 2.27. The molecule has 0 aliphatic carbocycles. The van der Waals surface area contributed by atoms with E-state index in [1.165, 1.54) is 6.42 Å². The molecule has 138 valence electrons. The maximum atomic E-state index is 8.84. The second-order valence-electron chi connectivity index (χ2n) is 9.21. The van der Waals surface area contributed by atoms with Crippen LogP contribution in [0.2, 0.25) is 0 Å². The molecule has 0 saturated heterocycles. The molecule has 0 bridgehead atoms. The molecule has 0 aromatic carbocycles. The molecule has 0 aliphatic heterocycles. The maximum absolute atomic E-state index is 8.84. The van der Waals surface area contributed by atoms with Crippen LogP contribution in [0, 0.1) is 22.7 Å². The van der Waals surface area contributed by atoms with Crippen molar-refractivity contribution in [1.29, 1.82) is 0 Å². The monoisotopic (exact) mass is 317 g/mol. The molecule has 2 nitrogen and oxygen atoms in total. The van der Waals surface area contributed by atoms with Gasteiger partial charge >= 0.3 is 0 Å². The van der Waals surface area contributed by atoms with E-state index in [4.69, 9.17) is 5.11 Å². The predicted octanol–water partition coefficient (Wildman–Crippen LogP) is 5.75. The maximum Gasteiger partial charge on any atom is 0.0482 e. The zero-order valence-electron chi connectivity index (χ0n) is 17.6. The van der Waals surface area contributed by atoms with Crippen LogP contribution < -0.4 is 5.32 Å². The quantitative estimate of drug-likeness (QED) is 0.654.